The molecular weight excluding hydrogens is 342 g/mol. The zero-order valence-corrected chi connectivity index (χ0v) is 15.4. The number of rotatable bonds is 3. The molecule has 2 aromatic rings. The normalized spacial score (nSPS) is 20.3. The molecule has 0 spiro atoms. The Hall–Kier alpha value is -2.96. The first-order chi connectivity index (χ1) is 13.1. The molecule has 0 N–H and O–H groups in total. The van der Waals surface area contributed by atoms with Gasteiger partial charge in [0.2, 0.25) is 17.8 Å². The summed E-state index contributed by atoms with van der Waals surface area (Å²) in [5, 5.41) is 0. The lowest BCUT2D eigenvalue weighted by atomic mass is 10.1. The van der Waals surface area contributed by atoms with Crippen molar-refractivity contribution in [1.29, 1.82) is 0 Å². The van der Waals surface area contributed by atoms with E-state index in [0.717, 1.165) is 11.3 Å². The Labute approximate surface area is 158 Å². The zero-order chi connectivity index (χ0) is 18.8. The van der Waals surface area contributed by atoms with Crippen molar-refractivity contribution in [2.75, 3.05) is 42.5 Å². The highest BCUT2D eigenvalue weighted by molar-refractivity contribution is 6.00. The first-order valence-corrected chi connectivity index (χ1v) is 9.29. The molecule has 0 bridgehead atoms. The van der Waals surface area contributed by atoms with Crippen LogP contribution < -0.4 is 9.80 Å². The molecule has 27 heavy (non-hydrogen) atoms. The number of aryl methyl sites for hydroxylation is 1. The maximum Gasteiger partial charge on any atom is 0.228 e. The van der Waals surface area contributed by atoms with E-state index in [2.05, 4.69) is 14.9 Å². The molecule has 2 aliphatic rings. The monoisotopic (exact) mass is 365 g/mol. The van der Waals surface area contributed by atoms with Crippen molar-refractivity contribution in [2.45, 2.75) is 13.3 Å². The smallest absolute Gasteiger partial charge is 0.228 e. The van der Waals surface area contributed by atoms with E-state index in [0.29, 0.717) is 38.7 Å². The van der Waals surface area contributed by atoms with Gasteiger partial charge >= 0.3 is 0 Å². The molecule has 0 aliphatic carbocycles. The maximum atomic E-state index is 12.9. The van der Waals surface area contributed by atoms with Gasteiger partial charge in [0.05, 0.1) is 5.92 Å². The fraction of sp³-hybridized carbons (Fsp3) is 0.400. The minimum atomic E-state index is -0.265. The molecule has 0 radical (unpaired) electrons. The second kappa shape index (κ2) is 7.34. The molecule has 140 valence electrons. The lowest BCUT2D eigenvalue weighted by molar-refractivity contribution is -0.136. The highest BCUT2D eigenvalue weighted by atomic mass is 16.2. The van der Waals surface area contributed by atoms with E-state index in [9.17, 15) is 9.59 Å². The van der Waals surface area contributed by atoms with Crippen molar-refractivity contribution < 1.29 is 9.59 Å². The van der Waals surface area contributed by atoms with Crippen LogP contribution in [0.25, 0.3) is 0 Å². The van der Waals surface area contributed by atoms with Crippen LogP contribution in [0, 0.1) is 12.8 Å². The number of aromatic nitrogens is 2. The van der Waals surface area contributed by atoms with Crippen molar-refractivity contribution in [3.05, 3.63) is 48.3 Å². The molecule has 1 aromatic carbocycles. The van der Waals surface area contributed by atoms with Gasteiger partial charge in [-0.1, -0.05) is 17.7 Å². The molecule has 2 fully saturated rings. The lowest BCUT2D eigenvalue weighted by Crippen LogP contribution is -2.51. The van der Waals surface area contributed by atoms with Crippen LogP contribution in [-0.2, 0) is 9.59 Å². The molecule has 4 rings (SSSR count). The fourth-order valence-electron chi connectivity index (χ4n) is 3.69. The van der Waals surface area contributed by atoms with Crippen LogP contribution in [0.3, 0.4) is 0 Å². The second-order valence-corrected chi connectivity index (χ2v) is 7.10. The standard InChI is InChI=1S/C20H23N5O2/c1-15-3-5-17(6-4-15)25-14-16(13-18(25)26)19(27)23-9-11-24(12-10-23)20-21-7-2-8-22-20/h2-8,16H,9-14H2,1H3/t16-/m1/s1. The van der Waals surface area contributed by atoms with Crippen molar-refractivity contribution in [3.8, 4) is 0 Å². The third-order valence-electron chi connectivity index (χ3n) is 5.25. The Kier molecular flexibility index (Phi) is 4.75. The molecule has 2 amide bonds. The van der Waals surface area contributed by atoms with Crippen LogP contribution in [0.15, 0.2) is 42.7 Å². The van der Waals surface area contributed by atoms with Gasteiger partial charge in [0.1, 0.15) is 0 Å². The molecule has 7 heteroatoms. The highest BCUT2D eigenvalue weighted by Gasteiger charge is 2.38. The summed E-state index contributed by atoms with van der Waals surface area (Å²) in [7, 11) is 0. The number of hydrogen-bond acceptors (Lipinski definition) is 5. The van der Waals surface area contributed by atoms with E-state index in [4.69, 9.17) is 0 Å². The largest absolute Gasteiger partial charge is 0.339 e. The van der Waals surface area contributed by atoms with Gasteiger partial charge in [-0.25, -0.2) is 9.97 Å². The minimum absolute atomic E-state index is 0.0218. The highest BCUT2D eigenvalue weighted by Crippen LogP contribution is 2.27. The average Bonchev–Trinajstić information content (AvgIpc) is 3.10. The predicted molar refractivity (Wildman–Crippen MR) is 102 cm³/mol. The average molecular weight is 365 g/mol. The van der Waals surface area contributed by atoms with Gasteiger partial charge in [0.15, 0.2) is 0 Å². The summed E-state index contributed by atoms with van der Waals surface area (Å²) >= 11 is 0. The summed E-state index contributed by atoms with van der Waals surface area (Å²) in [6.07, 6.45) is 3.74. The van der Waals surface area contributed by atoms with Crippen LogP contribution in [0.5, 0.6) is 0 Å². The summed E-state index contributed by atoms with van der Waals surface area (Å²) < 4.78 is 0. The van der Waals surface area contributed by atoms with E-state index in [-0.39, 0.29) is 24.2 Å². The number of piperazine rings is 1. The molecular formula is C20H23N5O2. The quantitative estimate of drug-likeness (QED) is 0.824. The lowest BCUT2D eigenvalue weighted by Gasteiger charge is -2.35. The van der Waals surface area contributed by atoms with Crippen LogP contribution in [-0.4, -0.2) is 59.4 Å². The summed E-state index contributed by atoms with van der Waals surface area (Å²) in [4.78, 5) is 39.6. The van der Waals surface area contributed by atoms with Crippen molar-refractivity contribution in [2.24, 2.45) is 5.92 Å². The van der Waals surface area contributed by atoms with Crippen LogP contribution >= 0.6 is 0 Å². The van der Waals surface area contributed by atoms with Crippen molar-refractivity contribution in [3.63, 3.8) is 0 Å². The van der Waals surface area contributed by atoms with Crippen LogP contribution in [0.4, 0.5) is 11.6 Å². The Morgan fingerprint density at radius 2 is 1.70 bits per heavy atom. The van der Waals surface area contributed by atoms with Gasteiger partial charge in [-0.15, -0.1) is 0 Å². The topological polar surface area (TPSA) is 69.6 Å². The number of benzene rings is 1. The zero-order valence-electron chi connectivity index (χ0n) is 15.4. The summed E-state index contributed by atoms with van der Waals surface area (Å²) in [5.74, 6) is 0.532. The number of amides is 2. The molecule has 3 heterocycles. The minimum Gasteiger partial charge on any atom is -0.339 e. The molecule has 0 saturated carbocycles. The summed E-state index contributed by atoms with van der Waals surface area (Å²) in [5.41, 5.74) is 2.02. The molecule has 2 saturated heterocycles. The number of anilines is 2. The second-order valence-electron chi connectivity index (χ2n) is 7.10. The molecule has 2 aliphatic heterocycles. The van der Waals surface area contributed by atoms with Gasteiger partial charge in [0.25, 0.3) is 0 Å². The van der Waals surface area contributed by atoms with Crippen molar-refractivity contribution in [1.82, 2.24) is 14.9 Å². The molecule has 0 unspecified atom stereocenters. The van der Waals surface area contributed by atoms with Crippen LogP contribution in [0.2, 0.25) is 0 Å². The van der Waals surface area contributed by atoms with E-state index in [1.54, 1.807) is 23.4 Å². The number of carbonyl (C=O) groups is 2. The maximum absolute atomic E-state index is 12.9. The number of nitrogens with zero attached hydrogens (tertiary/aromatic N) is 5. The van der Waals surface area contributed by atoms with Gasteiger partial charge < -0.3 is 14.7 Å². The van der Waals surface area contributed by atoms with Gasteiger partial charge in [-0.2, -0.15) is 0 Å². The van der Waals surface area contributed by atoms with E-state index in [1.807, 2.05) is 36.1 Å². The van der Waals surface area contributed by atoms with Gasteiger partial charge in [0, 0.05) is 57.2 Å². The first kappa shape index (κ1) is 17.5. The Bertz CT molecular complexity index is 816. The van der Waals surface area contributed by atoms with E-state index < -0.39 is 0 Å². The number of carbonyl (C=O) groups excluding carboxylic acids is 2. The fourth-order valence-corrected chi connectivity index (χ4v) is 3.69. The van der Waals surface area contributed by atoms with Crippen molar-refractivity contribution >= 4 is 23.5 Å². The third-order valence-corrected chi connectivity index (χ3v) is 5.25. The van der Waals surface area contributed by atoms with Gasteiger partial charge in [-0.05, 0) is 25.1 Å². The van der Waals surface area contributed by atoms with Gasteiger partial charge in [-0.3, -0.25) is 9.59 Å². The summed E-state index contributed by atoms with van der Waals surface area (Å²) in [6, 6.07) is 9.66. The molecule has 7 nitrogen and oxygen atoms in total. The summed E-state index contributed by atoms with van der Waals surface area (Å²) in [6.45, 7) is 5.15. The Morgan fingerprint density at radius 1 is 1.04 bits per heavy atom. The van der Waals surface area contributed by atoms with E-state index in [1.165, 1.54) is 0 Å². The SMILES string of the molecule is Cc1ccc(N2C[C@H](C(=O)N3CCN(c4ncccn4)CC3)CC2=O)cc1. The Morgan fingerprint density at radius 3 is 2.37 bits per heavy atom. The molecule has 1 atom stereocenters. The van der Waals surface area contributed by atoms with E-state index >= 15 is 0 Å². The Balaban J connectivity index is 1.36. The van der Waals surface area contributed by atoms with Crippen LogP contribution in [0.1, 0.15) is 12.0 Å². The predicted octanol–water partition coefficient (Wildman–Crippen LogP) is 1.49. The first-order valence-electron chi connectivity index (χ1n) is 9.29. The number of hydrogen-bond donors (Lipinski definition) is 0. The molecule has 1 aromatic heterocycles. The third kappa shape index (κ3) is 3.63.